The Hall–Kier alpha value is -1.66. The van der Waals surface area contributed by atoms with Crippen LogP contribution in [0.25, 0.3) is 0 Å². The molecule has 1 aromatic carbocycles. The van der Waals surface area contributed by atoms with Crippen LogP contribution in [0.3, 0.4) is 0 Å². The van der Waals surface area contributed by atoms with Gasteiger partial charge in [0, 0.05) is 41.8 Å². The van der Waals surface area contributed by atoms with Gasteiger partial charge in [-0.3, -0.25) is 0 Å². The number of amides is 4. The van der Waals surface area contributed by atoms with E-state index in [-0.39, 0.29) is 23.5 Å². The van der Waals surface area contributed by atoms with Crippen molar-refractivity contribution >= 4 is 35.3 Å². The fraction of sp³-hybridized carbons (Fsp3) is 0.680. The molecule has 1 atom stereocenters. The number of hydrogen-bond acceptors (Lipinski definition) is 2. The lowest BCUT2D eigenvalue weighted by atomic mass is 9.53. The second-order valence-corrected chi connectivity index (χ2v) is 11.7. The maximum absolute atomic E-state index is 12.8. The normalized spacial score (nSPS) is 32.5. The van der Waals surface area contributed by atoms with E-state index in [1.807, 2.05) is 11.0 Å². The van der Waals surface area contributed by atoms with Crippen LogP contribution in [-0.2, 0) is 6.54 Å². The highest BCUT2D eigenvalue weighted by atomic mass is 35.5. The van der Waals surface area contributed by atoms with Crippen LogP contribution in [0, 0.1) is 23.7 Å². The van der Waals surface area contributed by atoms with Crippen molar-refractivity contribution in [3.8, 4) is 0 Å². The number of carbonyl (C=O) groups is 2. The van der Waals surface area contributed by atoms with Gasteiger partial charge >= 0.3 is 12.1 Å². The maximum Gasteiger partial charge on any atom is 0.317 e. The van der Waals surface area contributed by atoms with E-state index in [0.717, 1.165) is 62.0 Å². The van der Waals surface area contributed by atoms with Crippen molar-refractivity contribution in [1.82, 2.24) is 20.9 Å². The van der Waals surface area contributed by atoms with Gasteiger partial charge in [0.15, 0.2) is 0 Å². The minimum atomic E-state index is -0.0938. The first-order valence-corrected chi connectivity index (χ1v) is 13.2. The molecular weight excluding hydrogens is 459 g/mol. The van der Waals surface area contributed by atoms with Crippen molar-refractivity contribution < 1.29 is 9.59 Å². The van der Waals surface area contributed by atoms with Gasteiger partial charge < -0.3 is 20.9 Å². The first-order valence-electron chi connectivity index (χ1n) is 12.4. The van der Waals surface area contributed by atoms with Crippen molar-refractivity contribution in [1.29, 1.82) is 0 Å². The number of urea groups is 2. The molecule has 0 spiro atoms. The number of hydrogen-bond donors (Lipinski definition) is 3. The summed E-state index contributed by atoms with van der Waals surface area (Å²) in [6, 6.07) is 5.16. The van der Waals surface area contributed by atoms with E-state index in [1.165, 1.54) is 19.3 Å². The topological polar surface area (TPSA) is 73.5 Å². The Bertz CT molecular complexity index is 873. The highest BCUT2D eigenvalue weighted by Crippen LogP contribution is 2.55. The molecule has 4 saturated carbocycles. The van der Waals surface area contributed by atoms with Gasteiger partial charge in [0.25, 0.3) is 0 Å². The number of rotatable bonds is 5. The zero-order valence-electron chi connectivity index (χ0n) is 19.0. The van der Waals surface area contributed by atoms with Crippen molar-refractivity contribution in [2.75, 3.05) is 19.6 Å². The van der Waals surface area contributed by atoms with Crippen LogP contribution in [0.15, 0.2) is 18.2 Å². The molecule has 1 heterocycles. The monoisotopic (exact) mass is 492 g/mol. The molecular formula is C25H34Cl2N4O2. The zero-order valence-corrected chi connectivity index (χ0v) is 20.6. The Kier molecular flexibility index (Phi) is 6.67. The Morgan fingerprint density at radius 2 is 1.73 bits per heavy atom. The summed E-state index contributed by atoms with van der Waals surface area (Å²) in [5, 5.41) is 10.6. The first kappa shape index (κ1) is 23.1. The molecule has 5 aliphatic rings. The average molecular weight is 493 g/mol. The van der Waals surface area contributed by atoms with Crippen molar-refractivity contribution in [3.63, 3.8) is 0 Å². The van der Waals surface area contributed by atoms with Gasteiger partial charge in [0.2, 0.25) is 0 Å². The highest BCUT2D eigenvalue weighted by molar-refractivity contribution is 6.35. The van der Waals surface area contributed by atoms with Crippen LogP contribution < -0.4 is 16.0 Å². The van der Waals surface area contributed by atoms with Gasteiger partial charge in [0.05, 0.1) is 0 Å². The first-order chi connectivity index (χ1) is 15.9. The van der Waals surface area contributed by atoms with E-state index in [9.17, 15) is 9.59 Å². The molecule has 1 saturated heterocycles. The number of nitrogens with zero attached hydrogens (tertiary/aromatic N) is 1. The number of likely N-dealkylation sites (tertiary alicyclic amines) is 1. The third kappa shape index (κ3) is 5.37. The predicted octanol–water partition coefficient (Wildman–Crippen LogP) is 5.18. The summed E-state index contributed by atoms with van der Waals surface area (Å²) in [7, 11) is 0. The molecule has 33 heavy (non-hydrogen) atoms. The lowest BCUT2D eigenvalue weighted by Crippen LogP contribution is -2.61. The molecule has 0 radical (unpaired) electrons. The van der Waals surface area contributed by atoms with Crippen molar-refractivity contribution in [3.05, 3.63) is 33.8 Å². The molecule has 1 aliphatic heterocycles. The maximum atomic E-state index is 12.8. The van der Waals surface area contributed by atoms with Gasteiger partial charge in [-0.25, -0.2) is 9.59 Å². The number of benzene rings is 1. The van der Waals surface area contributed by atoms with Gasteiger partial charge in [-0.15, -0.1) is 0 Å². The summed E-state index contributed by atoms with van der Waals surface area (Å²) < 4.78 is 0. The lowest BCUT2D eigenvalue weighted by molar-refractivity contribution is -0.0135. The number of carbonyl (C=O) groups excluding carboxylic acids is 2. The van der Waals surface area contributed by atoms with Crippen LogP contribution >= 0.6 is 23.2 Å². The molecule has 3 N–H and O–H groups in total. The van der Waals surface area contributed by atoms with E-state index < -0.39 is 0 Å². The predicted molar refractivity (Wildman–Crippen MR) is 130 cm³/mol. The van der Waals surface area contributed by atoms with E-state index in [2.05, 4.69) is 16.0 Å². The fourth-order valence-electron chi connectivity index (χ4n) is 7.15. The molecule has 4 bridgehead atoms. The van der Waals surface area contributed by atoms with Crippen LogP contribution in [0.2, 0.25) is 10.0 Å². The Morgan fingerprint density at radius 3 is 2.39 bits per heavy atom. The zero-order chi connectivity index (χ0) is 23.0. The van der Waals surface area contributed by atoms with Crippen LogP contribution in [-0.4, -0.2) is 42.1 Å². The number of piperidine rings is 1. The molecule has 6 rings (SSSR count). The summed E-state index contributed by atoms with van der Waals surface area (Å²) in [5.74, 6) is 2.70. The summed E-state index contributed by atoms with van der Waals surface area (Å²) in [4.78, 5) is 27.3. The molecule has 5 fully saturated rings. The quantitative estimate of drug-likeness (QED) is 0.529. The standard InChI is InChI=1S/C25H34Cl2N4O2/c26-21-4-3-20(22(27)9-21)14-29-24(33)31-5-1-2-16(15-31)13-28-23(32)30-25-10-17-6-18(11-25)8-19(7-17)12-25/h3-4,9,16-19H,1-2,5-8,10-15H2,(H,29,33)(H2,28,30,32). The van der Waals surface area contributed by atoms with Crippen LogP contribution in [0.5, 0.6) is 0 Å². The van der Waals surface area contributed by atoms with Crippen molar-refractivity contribution in [2.24, 2.45) is 23.7 Å². The van der Waals surface area contributed by atoms with E-state index in [1.54, 1.807) is 12.1 Å². The molecule has 6 nitrogen and oxygen atoms in total. The third-order valence-corrected chi connectivity index (χ3v) is 8.81. The van der Waals surface area contributed by atoms with Gasteiger partial charge in [-0.1, -0.05) is 29.3 Å². The summed E-state index contributed by atoms with van der Waals surface area (Å²) in [6.07, 6.45) is 9.53. The SMILES string of the molecule is O=C(NCC1CCCN(C(=O)NCc2ccc(Cl)cc2Cl)C1)NC12CC3CC(CC(C3)C1)C2. The van der Waals surface area contributed by atoms with E-state index >= 15 is 0 Å². The van der Waals surface area contributed by atoms with Crippen molar-refractivity contribution in [2.45, 2.75) is 63.5 Å². The summed E-state index contributed by atoms with van der Waals surface area (Å²) in [6.45, 7) is 2.35. The minimum Gasteiger partial charge on any atom is -0.338 e. The molecule has 180 valence electrons. The van der Waals surface area contributed by atoms with Gasteiger partial charge in [0.1, 0.15) is 0 Å². The number of halogens is 2. The Morgan fingerprint density at radius 1 is 1.03 bits per heavy atom. The molecule has 8 heteroatoms. The van der Waals surface area contributed by atoms with E-state index in [0.29, 0.717) is 29.7 Å². The van der Waals surface area contributed by atoms with Crippen LogP contribution in [0.4, 0.5) is 9.59 Å². The minimum absolute atomic E-state index is 0.0280. The average Bonchev–Trinajstić information content (AvgIpc) is 2.76. The van der Waals surface area contributed by atoms with Gasteiger partial charge in [-0.2, -0.15) is 0 Å². The molecule has 4 aliphatic carbocycles. The summed E-state index contributed by atoms with van der Waals surface area (Å²) in [5.41, 5.74) is 0.867. The number of nitrogens with one attached hydrogen (secondary N) is 3. The molecule has 4 amide bonds. The molecule has 1 unspecified atom stereocenters. The summed E-state index contributed by atoms with van der Waals surface area (Å²) >= 11 is 12.2. The van der Waals surface area contributed by atoms with Gasteiger partial charge in [-0.05, 0) is 92.7 Å². The second kappa shape index (κ2) is 9.53. The fourth-order valence-corrected chi connectivity index (χ4v) is 7.62. The lowest BCUT2D eigenvalue weighted by Gasteiger charge is -2.56. The molecule has 0 aromatic heterocycles. The highest BCUT2D eigenvalue weighted by Gasteiger charge is 2.51. The van der Waals surface area contributed by atoms with E-state index in [4.69, 9.17) is 23.2 Å². The largest absolute Gasteiger partial charge is 0.338 e. The Labute approximate surface area is 206 Å². The smallest absolute Gasteiger partial charge is 0.317 e. The molecule has 1 aromatic rings. The third-order valence-electron chi connectivity index (χ3n) is 8.22. The Balaban J connectivity index is 1.07. The van der Waals surface area contributed by atoms with Crippen LogP contribution in [0.1, 0.15) is 56.9 Å². The second-order valence-electron chi connectivity index (χ2n) is 10.9.